The Labute approximate surface area is 118 Å². The van der Waals surface area contributed by atoms with E-state index >= 15 is 0 Å². The van der Waals surface area contributed by atoms with Gasteiger partial charge in [0.1, 0.15) is 5.58 Å². The van der Waals surface area contributed by atoms with Gasteiger partial charge in [0, 0.05) is 30.2 Å². The van der Waals surface area contributed by atoms with E-state index in [1.165, 1.54) is 0 Å². The number of benzene rings is 2. The monoisotopic (exact) mass is 266 g/mol. The van der Waals surface area contributed by atoms with E-state index in [0.717, 1.165) is 22.2 Å². The van der Waals surface area contributed by atoms with Gasteiger partial charge in [-0.3, -0.25) is 0 Å². The molecule has 3 aromatic rings. The number of fused-ring (bicyclic) bond motifs is 1. The molecule has 3 rings (SSSR count). The first-order chi connectivity index (χ1) is 9.81. The molecule has 3 nitrogen and oxygen atoms in total. The van der Waals surface area contributed by atoms with E-state index in [9.17, 15) is 0 Å². The average molecular weight is 266 g/mol. The van der Waals surface area contributed by atoms with Crippen molar-refractivity contribution in [3.05, 3.63) is 66.4 Å². The molecule has 0 radical (unpaired) electrons. The largest absolute Gasteiger partial charge is 0.464 e. The minimum atomic E-state index is 0.0982. The van der Waals surface area contributed by atoms with Gasteiger partial charge in [-0.05, 0) is 18.2 Å². The molecule has 2 N–H and O–H groups in total. The number of nitrogens with zero attached hydrogens (tertiary/aromatic N) is 1. The molecule has 1 atom stereocenters. The molecule has 0 bridgehead atoms. The smallest absolute Gasteiger partial charge is 0.134 e. The highest BCUT2D eigenvalue weighted by atomic mass is 16.3. The van der Waals surface area contributed by atoms with E-state index in [1.807, 2.05) is 42.7 Å². The highest BCUT2D eigenvalue weighted by Crippen LogP contribution is 2.31. The molecule has 3 heteroatoms. The summed E-state index contributed by atoms with van der Waals surface area (Å²) >= 11 is 0. The van der Waals surface area contributed by atoms with E-state index < -0.39 is 0 Å². The van der Waals surface area contributed by atoms with Crippen LogP contribution in [0.2, 0.25) is 0 Å². The van der Waals surface area contributed by atoms with Crippen LogP contribution in [0.3, 0.4) is 0 Å². The summed E-state index contributed by atoms with van der Waals surface area (Å²) in [5, 5.41) is 1.13. The Morgan fingerprint density at radius 2 is 1.75 bits per heavy atom. The molecule has 1 aromatic heterocycles. The topological polar surface area (TPSA) is 42.4 Å². The van der Waals surface area contributed by atoms with Crippen molar-refractivity contribution < 1.29 is 4.42 Å². The van der Waals surface area contributed by atoms with Crippen molar-refractivity contribution in [3.63, 3.8) is 0 Å². The third-order valence-corrected chi connectivity index (χ3v) is 3.72. The third-order valence-electron chi connectivity index (χ3n) is 3.72. The zero-order valence-electron chi connectivity index (χ0n) is 11.5. The van der Waals surface area contributed by atoms with Crippen molar-refractivity contribution in [1.82, 2.24) is 0 Å². The minimum absolute atomic E-state index is 0.0982. The molecule has 0 aliphatic carbocycles. The van der Waals surface area contributed by atoms with Gasteiger partial charge in [-0.15, -0.1) is 0 Å². The Morgan fingerprint density at radius 1 is 1.05 bits per heavy atom. The summed E-state index contributed by atoms with van der Waals surface area (Å²) in [4.78, 5) is 2.19. The van der Waals surface area contributed by atoms with Gasteiger partial charge in [0.05, 0.1) is 12.3 Å². The van der Waals surface area contributed by atoms with Gasteiger partial charge in [-0.1, -0.05) is 36.4 Å². The van der Waals surface area contributed by atoms with E-state index in [4.69, 9.17) is 10.2 Å². The molecule has 0 fully saturated rings. The molecule has 102 valence electrons. The summed E-state index contributed by atoms with van der Waals surface area (Å²) in [7, 11) is 2.06. The number of para-hydroxylation sites is 2. The molecule has 0 aliphatic heterocycles. The molecular weight excluding hydrogens is 248 g/mol. The van der Waals surface area contributed by atoms with E-state index in [-0.39, 0.29) is 6.04 Å². The van der Waals surface area contributed by atoms with E-state index in [0.29, 0.717) is 6.54 Å². The summed E-state index contributed by atoms with van der Waals surface area (Å²) < 4.78 is 5.64. The van der Waals surface area contributed by atoms with E-state index in [2.05, 4.69) is 30.1 Å². The molecule has 0 saturated heterocycles. The maximum absolute atomic E-state index is 6.01. The molecular formula is C17H18N2O. The maximum Gasteiger partial charge on any atom is 0.134 e. The lowest BCUT2D eigenvalue weighted by Gasteiger charge is -2.28. The summed E-state index contributed by atoms with van der Waals surface area (Å²) in [5.41, 5.74) is 9.20. The van der Waals surface area contributed by atoms with Crippen molar-refractivity contribution in [2.45, 2.75) is 6.04 Å². The molecule has 1 unspecified atom stereocenters. The van der Waals surface area contributed by atoms with Crippen molar-refractivity contribution in [3.8, 4) is 0 Å². The maximum atomic E-state index is 6.01. The number of nitrogens with two attached hydrogens (primary N) is 1. The number of likely N-dealkylation sites (N-methyl/N-ethyl adjacent to an activating group) is 1. The highest BCUT2D eigenvalue weighted by Gasteiger charge is 2.20. The number of hydrogen-bond acceptors (Lipinski definition) is 3. The minimum Gasteiger partial charge on any atom is -0.464 e. The van der Waals surface area contributed by atoms with Gasteiger partial charge in [-0.25, -0.2) is 0 Å². The quantitative estimate of drug-likeness (QED) is 0.785. The fraction of sp³-hybridized carbons (Fsp3) is 0.176. The molecule has 0 aliphatic rings. The number of hydrogen-bond donors (Lipinski definition) is 1. The van der Waals surface area contributed by atoms with Crippen LogP contribution in [-0.2, 0) is 0 Å². The predicted molar refractivity (Wildman–Crippen MR) is 82.9 cm³/mol. The fourth-order valence-corrected chi connectivity index (χ4v) is 2.59. The molecule has 0 saturated carbocycles. The summed E-state index contributed by atoms with van der Waals surface area (Å²) in [6, 6.07) is 18.4. The van der Waals surface area contributed by atoms with Crippen LogP contribution < -0.4 is 10.6 Å². The highest BCUT2D eigenvalue weighted by molar-refractivity contribution is 5.82. The molecule has 0 spiro atoms. The van der Waals surface area contributed by atoms with Gasteiger partial charge < -0.3 is 15.1 Å². The van der Waals surface area contributed by atoms with Gasteiger partial charge in [0.15, 0.2) is 0 Å². The number of rotatable bonds is 4. The van der Waals surface area contributed by atoms with E-state index in [1.54, 1.807) is 0 Å². The summed E-state index contributed by atoms with van der Waals surface area (Å²) in [6.45, 7) is 0.537. The Hall–Kier alpha value is -2.26. The van der Waals surface area contributed by atoms with Gasteiger partial charge in [0.25, 0.3) is 0 Å². The Morgan fingerprint density at radius 3 is 2.50 bits per heavy atom. The zero-order valence-corrected chi connectivity index (χ0v) is 11.5. The first-order valence-corrected chi connectivity index (χ1v) is 6.75. The van der Waals surface area contributed by atoms with Crippen molar-refractivity contribution >= 4 is 16.7 Å². The Kier molecular flexibility index (Phi) is 3.44. The number of anilines is 1. The first kappa shape index (κ1) is 12.8. The van der Waals surface area contributed by atoms with Gasteiger partial charge in [0.2, 0.25) is 0 Å². The second-order valence-corrected chi connectivity index (χ2v) is 4.89. The van der Waals surface area contributed by atoms with Gasteiger partial charge in [-0.2, -0.15) is 0 Å². The SMILES string of the molecule is CN(c1ccccc1)C(CN)c1coc2ccccc12. The average Bonchev–Trinajstić information content (AvgIpc) is 2.93. The summed E-state index contributed by atoms with van der Waals surface area (Å²) in [5.74, 6) is 0. The second-order valence-electron chi connectivity index (χ2n) is 4.89. The van der Waals surface area contributed by atoms with Crippen molar-refractivity contribution in [2.75, 3.05) is 18.5 Å². The Balaban J connectivity index is 2.01. The molecule has 20 heavy (non-hydrogen) atoms. The van der Waals surface area contributed by atoms with Crippen LogP contribution in [-0.4, -0.2) is 13.6 Å². The van der Waals surface area contributed by atoms with Crippen LogP contribution in [0.1, 0.15) is 11.6 Å². The normalized spacial score (nSPS) is 12.5. The standard InChI is InChI=1S/C17H18N2O/c1-19(13-7-3-2-4-8-13)16(11-18)15-12-20-17-10-6-5-9-14(15)17/h2-10,12,16H,11,18H2,1H3. The van der Waals surface area contributed by atoms with Crippen LogP contribution in [0.4, 0.5) is 5.69 Å². The van der Waals surface area contributed by atoms with Gasteiger partial charge >= 0.3 is 0 Å². The molecule has 0 amide bonds. The lowest BCUT2D eigenvalue weighted by Crippen LogP contribution is -2.30. The first-order valence-electron chi connectivity index (χ1n) is 6.75. The second kappa shape index (κ2) is 5.39. The molecule has 1 heterocycles. The van der Waals surface area contributed by atoms with Crippen molar-refractivity contribution in [1.29, 1.82) is 0 Å². The van der Waals surface area contributed by atoms with Crippen LogP contribution in [0.5, 0.6) is 0 Å². The zero-order chi connectivity index (χ0) is 13.9. The predicted octanol–water partition coefficient (Wildman–Crippen LogP) is 3.57. The number of furan rings is 1. The lowest BCUT2D eigenvalue weighted by molar-refractivity contribution is 0.595. The fourth-order valence-electron chi connectivity index (χ4n) is 2.59. The lowest BCUT2D eigenvalue weighted by atomic mass is 10.0. The van der Waals surface area contributed by atoms with Crippen LogP contribution in [0.15, 0.2) is 65.3 Å². The van der Waals surface area contributed by atoms with Crippen LogP contribution in [0.25, 0.3) is 11.0 Å². The van der Waals surface area contributed by atoms with Crippen LogP contribution >= 0.6 is 0 Å². The Bertz CT molecular complexity index is 690. The third kappa shape index (κ3) is 2.17. The summed E-state index contributed by atoms with van der Waals surface area (Å²) in [6.07, 6.45) is 1.82. The van der Waals surface area contributed by atoms with Crippen molar-refractivity contribution in [2.24, 2.45) is 5.73 Å². The van der Waals surface area contributed by atoms with Crippen LogP contribution in [0, 0.1) is 0 Å². The molecule has 2 aromatic carbocycles.